The van der Waals surface area contributed by atoms with Crippen LogP contribution in [-0.2, 0) is 39.4 Å². The minimum absolute atomic E-state index is 0.000314. The summed E-state index contributed by atoms with van der Waals surface area (Å²) in [4.78, 5) is 42.2. The molecule has 10 nitrogen and oxygen atoms in total. The minimum atomic E-state index is -2.82. The number of hydrogen-bond donors (Lipinski definition) is 2. The molecule has 2 saturated heterocycles. The highest BCUT2D eigenvalue weighted by Gasteiger charge is 2.66. The van der Waals surface area contributed by atoms with E-state index in [0.717, 1.165) is 41.9 Å². The monoisotopic (exact) mass is 637 g/mol. The lowest BCUT2D eigenvalue weighted by atomic mass is 9.82. The Morgan fingerprint density at radius 3 is 2.61 bits per heavy atom. The fourth-order valence-corrected chi connectivity index (χ4v) is 10.2. The second kappa shape index (κ2) is 12.0. The molecule has 3 aromatic rings. The van der Waals surface area contributed by atoms with E-state index in [-0.39, 0.29) is 36.0 Å². The summed E-state index contributed by atoms with van der Waals surface area (Å²) in [7, 11) is -2.82. The van der Waals surface area contributed by atoms with E-state index in [1.807, 2.05) is 67.5 Å². The molecule has 0 aliphatic carbocycles. The molecule has 1 spiro atoms. The molecule has 0 radical (unpaired) electrons. The van der Waals surface area contributed by atoms with E-state index in [0.29, 0.717) is 43.1 Å². The van der Waals surface area contributed by atoms with Crippen LogP contribution in [0.3, 0.4) is 0 Å². The third-order valence-corrected chi connectivity index (χ3v) is 12.2. The van der Waals surface area contributed by atoms with Gasteiger partial charge >= 0.3 is 0 Å². The Morgan fingerprint density at radius 1 is 1.14 bits per heavy atom. The molecule has 6 rings (SSSR count). The second-order valence-electron chi connectivity index (χ2n) is 12.8. The number of halogens is 1. The predicted molar refractivity (Wildman–Crippen MR) is 170 cm³/mol. The van der Waals surface area contributed by atoms with Crippen molar-refractivity contribution in [3.63, 3.8) is 0 Å². The number of aliphatic hydroxyl groups is 1. The number of hydrogen-bond acceptors (Lipinski definition) is 7. The highest BCUT2D eigenvalue weighted by molar-refractivity contribution is 6.71. The van der Waals surface area contributed by atoms with Crippen molar-refractivity contribution in [1.29, 1.82) is 0 Å². The maximum Gasteiger partial charge on any atom is 0.264 e. The third kappa shape index (κ3) is 5.49. The molecule has 44 heavy (non-hydrogen) atoms. The Bertz CT molecular complexity index is 1540. The number of nitrogens with zero attached hydrogens (tertiary/aromatic N) is 5. The van der Waals surface area contributed by atoms with Crippen LogP contribution < -0.4 is 9.80 Å². The lowest BCUT2D eigenvalue weighted by Gasteiger charge is -2.32. The third-order valence-electron chi connectivity index (χ3n) is 9.45. The van der Waals surface area contributed by atoms with Crippen LogP contribution in [0.15, 0.2) is 48.7 Å². The molecule has 4 heterocycles. The highest BCUT2D eigenvalue weighted by atomic mass is 35.5. The Morgan fingerprint density at radius 2 is 1.91 bits per heavy atom. The van der Waals surface area contributed by atoms with Crippen molar-refractivity contribution in [2.75, 3.05) is 23.0 Å². The van der Waals surface area contributed by atoms with Crippen LogP contribution >= 0.6 is 11.6 Å². The first-order valence-corrected chi connectivity index (χ1v) is 18.8. The molecule has 2 aromatic carbocycles. The molecule has 234 valence electrons. The van der Waals surface area contributed by atoms with Crippen molar-refractivity contribution in [2.24, 2.45) is 5.92 Å². The second-order valence-corrected chi connectivity index (χ2v) is 17.2. The zero-order chi connectivity index (χ0) is 31.2. The molecule has 4 atom stereocenters. The maximum atomic E-state index is 14.6. The number of benzene rings is 2. The number of fused-ring (bicyclic) bond motifs is 2. The van der Waals surface area contributed by atoms with Crippen molar-refractivity contribution in [3.8, 4) is 0 Å². The first-order chi connectivity index (χ1) is 21.0. The van der Waals surface area contributed by atoms with Gasteiger partial charge in [-0.25, -0.2) is 0 Å². The average molecular weight is 638 g/mol. The average Bonchev–Trinajstić information content (AvgIpc) is 3.63. The van der Waals surface area contributed by atoms with Crippen molar-refractivity contribution >= 4 is 43.1 Å². The van der Waals surface area contributed by atoms with Gasteiger partial charge in [-0.2, -0.15) is 0 Å². The number of piperidine rings is 1. The lowest BCUT2D eigenvalue weighted by Crippen LogP contribution is -2.46. The van der Waals surface area contributed by atoms with Gasteiger partial charge in [0.05, 0.1) is 24.0 Å². The van der Waals surface area contributed by atoms with Crippen molar-refractivity contribution < 1.29 is 24.2 Å². The minimum Gasteiger partial charge on any atom is -0.432 e. The van der Waals surface area contributed by atoms with Gasteiger partial charge in [0.1, 0.15) is 0 Å². The number of anilines is 2. The zero-order valence-electron chi connectivity index (χ0n) is 25.4. The normalized spacial score (nSPS) is 25.4. The molecule has 2 N–H and O–H groups in total. The van der Waals surface area contributed by atoms with Gasteiger partial charge in [-0.05, 0) is 68.3 Å². The molecule has 2 amide bonds. The van der Waals surface area contributed by atoms with E-state index >= 15 is 0 Å². The maximum absolute atomic E-state index is 14.6. The molecule has 3 aliphatic heterocycles. The number of ether oxygens (including phenoxy) is 1. The van der Waals surface area contributed by atoms with Crippen LogP contribution in [0.25, 0.3) is 0 Å². The summed E-state index contributed by atoms with van der Waals surface area (Å²) in [6.07, 6.45) is 4.89. The Hall–Kier alpha value is -3.09. The summed E-state index contributed by atoms with van der Waals surface area (Å²) in [5.74, 6) is -0.316. The fourth-order valence-electron chi connectivity index (χ4n) is 7.46. The molecule has 3 aliphatic rings. The first-order valence-electron chi connectivity index (χ1n) is 15.4. The van der Waals surface area contributed by atoms with Gasteiger partial charge in [0.15, 0.2) is 13.9 Å². The van der Waals surface area contributed by atoms with E-state index in [1.54, 1.807) is 15.6 Å². The van der Waals surface area contributed by atoms with Gasteiger partial charge in [0.2, 0.25) is 5.91 Å². The van der Waals surface area contributed by atoms with Crippen molar-refractivity contribution in [1.82, 2.24) is 15.0 Å². The van der Waals surface area contributed by atoms with Gasteiger partial charge in [-0.15, -0.1) is 5.10 Å². The van der Waals surface area contributed by atoms with Crippen LogP contribution in [0.5, 0.6) is 0 Å². The van der Waals surface area contributed by atoms with Crippen molar-refractivity contribution in [2.45, 2.75) is 82.5 Å². The molecule has 0 unspecified atom stereocenters. The fraction of sp³-hybridized carbons (Fsp3) is 0.500. The van der Waals surface area contributed by atoms with Crippen LogP contribution in [0.1, 0.15) is 49.4 Å². The molecule has 0 bridgehead atoms. The number of carbonyl (C=O) groups is 2. The molecular weight excluding hydrogens is 598 g/mol. The summed E-state index contributed by atoms with van der Waals surface area (Å²) in [6, 6.07) is 13.4. The summed E-state index contributed by atoms with van der Waals surface area (Å²) in [5, 5.41) is 18.1. The van der Waals surface area contributed by atoms with E-state index in [9.17, 15) is 19.5 Å². The number of carbonyl (C=O) groups excluding carboxylic acids is 2. The summed E-state index contributed by atoms with van der Waals surface area (Å²) in [6.45, 7) is 7.38. The van der Waals surface area contributed by atoms with Crippen LogP contribution in [-0.4, -0.2) is 64.3 Å². The van der Waals surface area contributed by atoms with Crippen LogP contribution in [0.4, 0.5) is 11.4 Å². The molecule has 2 fully saturated rings. The summed E-state index contributed by atoms with van der Waals surface area (Å²) < 4.78 is 8.61. The van der Waals surface area contributed by atoms with Crippen molar-refractivity contribution in [3.05, 3.63) is 70.5 Å². The molecule has 12 heteroatoms. The molecular formula is C32H40ClN5O5Si. The topological polar surface area (TPSA) is 121 Å². The first kappa shape index (κ1) is 30.9. The standard InChI is InChI=1S/C32H40ClN5O5Si/c1-21-30(44(2,3)42)28(13-16-36-20-24(14-17-39)34-35-36)43-32(21)26-18-23(33)9-12-27(26)38(31(32)41)19-22-7-10-25(11-8-22)37-15-5-4-6-29(37)40/h7-12,18,20-21,28,30,39,42H,4-6,13-17,19H2,1-3H3/t21-,28+,30-,32+/m0/s1. The largest absolute Gasteiger partial charge is 0.432 e. The lowest BCUT2D eigenvalue weighted by molar-refractivity contribution is -0.146. The Kier molecular flexibility index (Phi) is 8.44. The molecule has 0 saturated carbocycles. The SMILES string of the molecule is C[C@H]1[C@H]([Si](C)(C)O)[C@@H](CCn2cc(CCO)nn2)O[C@]12C(=O)N(Cc1ccc(N3CCCCC3=O)cc1)c1ccc(Cl)cc12. The van der Waals surface area contributed by atoms with Gasteiger partial charge in [0.25, 0.3) is 5.91 Å². The molecule has 1 aromatic heterocycles. The van der Waals surface area contributed by atoms with Gasteiger partial charge in [-0.3, -0.25) is 14.3 Å². The van der Waals surface area contributed by atoms with E-state index in [2.05, 4.69) is 10.3 Å². The number of aliphatic hydroxyl groups excluding tert-OH is 1. The number of aromatic nitrogens is 3. The van der Waals surface area contributed by atoms with Gasteiger partial charge in [-0.1, -0.05) is 35.9 Å². The quantitative estimate of drug-likeness (QED) is 0.333. The van der Waals surface area contributed by atoms with Gasteiger partial charge in [0, 0.05) is 66.5 Å². The summed E-state index contributed by atoms with van der Waals surface area (Å²) in [5.41, 5.74) is 2.49. The highest BCUT2D eigenvalue weighted by Crippen LogP contribution is 2.60. The van der Waals surface area contributed by atoms with E-state index in [1.165, 1.54) is 0 Å². The number of amides is 2. The van der Waals surface area contributed by atoms with E-state index < -0.39 is 13.9 Å². The zero-order valence-corrected chi connectivity index (χ0v) is 27.2. The van der Waals surface area contributed by atoms with Crippen LogP contribution in [0, 0.1) is 5.92 Å². The summed E-state index contributed by atoms with van der Waals surface area (Å²) >= 11 is 6.53. The Balaban J connectivity index is 1.29. The van der Waals surface area contributed by atoms with E-state index in [4.69, 9.17) is 16.3 Å². The predicted octanol–water partition coefficient (Wildman–Crippen LogP) is 4.42. The Labute approximate surface area is 263 Å². The van der Waals surface area contributed by atoms with Crippen LogP contribution in [0.2, 0.25) is 23.7 Å². The number of aryl methyl sites for hydroxylation is 1. The van der Waals surface area contributed by atoms with Gasteiger partial charge < -0.3 is 24.4 Å². The number of rotatable bonds is 9. The smallest absolute Gasteiger partial charge is 0.264 e.